The third-order valence-electron chi connectivity index (χ3n) is 4.57. The van der Waals surface area contributed by atoms with E-state index < -0.39 is 0 Å². The molecule has 0 aliphatic heterocycles. The molecule has 0 bridgehead atoms. The standard InChI is InChI=1S/C24H23N5O2S/c1-15-12-21(32-14-15)23(30)27-18-4-6-19(7-5-18)28-24-25-16(2)13-22(29-24)26-17-8-10-20(31-3)11-9-17/h4-14H,1-3H3,(H,27,30)(H2,25,26,28,29). The van der Waals surface area contributed by atoms with E-state index in [9.17, 15) is 4.79 Å². The lowest BCUT2D eigenvalue weighted by molar-refractivity contribution is 0.103. The Bertz CT molecular complexity index is 1220. The summed E-state index contributed by atoms with van der Waals surface area (Å²) in [7, 11) is 1.64. The molecule has 0 spiro atoms. The molecule has 0 saturated heterocycles. The van der Waals surface area contributed by atoms with Crippen LogP contribution in [0.2, 0.25) is 0 Å². The predicted molar refractivity (Wildman–Crippen MR) is 130 cm³/mol. The minimum absolute atomic E-state index is 0.111. The number of hydrogen-bond acceptors (Lipinski definition) is 7. The molecule has 8 heteroatoms. The average Bonchev–Trinajstić information content (AvgIpc) is 3.22. The van der Waals surface area contributed by atoms with Gasteiger partial charge >= 0.3 is 0 Å². The van der Waals surface area contributed by atoms with Gasteiger partial charge in [-0.2, -0.15) is 4.98 Å². The second kappa shape index (κ2) is 9.49. The summed E-state index contributed by atoms with van der Waals surface area (Å²) in [4.78, 5) is 22.0. The lowest BCUT2D eigenvalue weighted by Crippen LogP contribution is -2.10. The van der Waals surface area contributed by atoms with Gasteiger partial charge < -0.3 is 20.7 Å². The Labute approximate surface area is 190 Å². The first-order chi connectivity index (χ1) is 15.5. The van der Waals surface area contributed by atoms with Crippen molar-refractivity contribution < 1.29 is 9.53 Å². The molecule has 0 fully saturated rings. The van der Waals surface area contributed by atoms with Gasteiger partial charge in [0.1, 0.15) is 11.6 Å². The van der Waals surface area contributed by atoms with Crippen LogP contribution in [-0.2, 0) is 0 Å². The zero-order valence-corrected chi connectivity index (χ0v) is 18.8. The number of hydrogen-bond donors (Lipinski definition) is 3. The van der Waals surface area contributed by atoms with E-state index in [-0.39, 0.29) is 5.91 Å². The van der Waals surface area contributed by atoms with Gasteiger partial charge in [0, 0.05) is 28.8 Å². The zero-order valence-electron chi connectivity index (χ0n) is 18.0. The molecule has 2 heterocycles. The van der Waals surface area contributed by atoms with Crippen LogP contribution in [0.4, 0.5) is 28.8 Å². The quantitative estimate of drug-likeness (QED) is 0.328. The Morgan fingerprint density at radius 3 is 2.19 bits per heavy atom. The number of ether oxygens (including phenoxy) is 1. The number of anilines is 5. The minimum Gasteiger partial charge on any atom is -0.497 e. The number of benzene rings is 2. The first kappa shape index (κ1) is 21.3. The minimum atomic E-state index is -0.111. The maximum Gasteiger partial charge on any atom is 0.265 e. The van der Waals surface area contributed by atoms with E-state index in [1.165, 1.54) is 11.3 Å². The average molecular weight is 446 g/mol. The molecule has 3 N–H and O–H groups in total. The van der Waals surface area contributed by atoms with Gasteiger partial charge in [-0.25, -0.2) is 4.98 Å². The highest BCUT2D eigenvalue weighted by molar-refractivity contribution is 7.12. The number of aryl methyl sites for hydroxylation is 2. The Kier molecular flexibility index (Phi) is 6.32. The van der Waals surface area contributed by atoms with Crippen molar-refractivity contribution in [2.45, 2.75) is 13.8 Å². The summed E-state index contributed by atoms with van der Waals surface area (Å²) in [6.45, 7) is 3.88. The summed E-state index contributed by atoms with van der Waals surface area (Å²) in [6.07, 6.45) is 0. The second-order valence-corrected chi connectivity index (χ2v) is 8.13. The van der Waals surface area contributed by atoms with Crippen LogP contribution >= 0.6 is 11.3 Å². The highest BCUT2D eigenvalue weighted by atomic mass is 32.1. The first-order valence-corrected chi connectivity index (χ1v) is 10.9. The Morgan fingerprint density at radius 2 is 1.53 bits per heavy atom. The number of nitrogens with one attached hydrogen (secondary N) is 3. The Hall–Kier alpha value is -3.91. The number of rotatable bonds is 7. The topological polar surface area (TPSA) is 88.2 Å². The second-order valence-electron chi connectivity index (χ2n) is 7.22. The number of carbonyl (C=O) groups is 1. The summed E-state index contributed by atoms with van der Waals surface area (Å²) in [5, 5.41) is 11.4. The van der Waals surface area contributed by atoms with E-state index >= 15 is 0 Å². The molecule has 2 aromatic heterocycles. The number of carbonyl (C=O) groups excluding carboxylic acids is 1. The van der Waals surface area contributed by atoms with E-state index in [1.807, 2.05) is 79.9 Å². The molecule has 2 aromatic carbocycles. The lowest BCUT2D eigenvalue weighted by atomic mass is 10.2. The van der Waals surface area contributed by atoms with Crippen LogP contribution in [0.15, 0.2) is 66.0 Å². The van der Waals surface area contributed by atoms with Crippen LogP contribution in [0, 0.1) is 13.8 Å². The Balaban J connectivity index is 1.42. The molecule has 162 valence electrons. The molecular formula is C24H23N5O2S. The molecule has 4 rings (SSSR count). The normalized spacial score (nSPS) is 10.5. The number of nitrogens with zero attached hydrogens (tertiary/aromatic N) is 2. The fourth-order valence-electron chi connectivity index (χ4n) is 3.02. The summed E-state index contributed by atoms with van der Waals surface area (Å²) >= 11 is 1.43. The van der Waals surface area contributed by atoms with Crippen molar-refractivity contribution in [1.29, 1.82) is 0 Å². The molecule has 1 amide bonds. The van der Waals surface area contributed by atoms with Crippen molar-refractivity contribution in [3.63, 3.8) is 0 Å². The fraction of sp³-hybridized carbons (Fsp3) is 0.125. The highest BCUT2D eigenvalue weighted by Crippen LogP contribution is 2.23. The number of amides is 1. The van der Waals surface area contributed by atoms with Gasteiger partial charge in [-0.05, 0) is 79.4 Å². The van der Waals surface area contributed by atoms with Crippen molar-refractivity contribution in [3.05, 3.63) is 82.2 Å². The summed E-state index contributed by atoms with van der Waals surface area (Å²) < 4.78 is 5.19. The third kappa shape index (κ3) is 5.41. The summed E-state index contributed by atoms with van der Waals surface area (Å²) in [5.41, 5.74) is 4.35. The maximum atomic E-state index is 12.3. The van der Waals surface area contributed by atoms with Crippen LogP contribution in [-0.4, -0.2) is 23.0 Å². The van der Waals surface area contributed by atoms with Crippen molar-refractivity contribution in [2.24, 2.45) is 0 Å². The first-order valence-electron chi connectivity index (χ1n) is 9.99. The lowest BCUT2D eigenvalue weighted by Gasteiger charge is -2.11. The molecule has 0 atom stereocenters. The number of aromatic nitrogens is 2. The van der Waals surface area contributed by atoms with E-state index in [0.717, 1.165) is 34.1 Å². The maximum absolute atomic E-state index is 12.3. The number of methoxy groups -OCH3 is 1. The number of thiophene rings is 1. The van der Waals surface area contributed by atoms with Crippen molar-refractivity contribution in [3.8, 4) is 5.75 Å². The molecule has 0 radical (unpaired) electrons. The Morgan fingerprint density at radius 1 is 0.875 bits per heavy atom. The molecule has 4 aromatic rings. The third-order valence-corrected chi connectivity index (χ3v) is 5.62. The molecule has 0 aliphatic carbocycles. The van der Waals surface area contributed by atoms with E-state index in [1.54, 1.807) is 7.11 Å². The zero-order chi connectivity index (χ0) is 22.5. The smallest absolute Gasteiger partial charge is 0.265 e. The van der Waals surface area contributed by atoms with Gasteiger partial charge in [0.25, 0.3) is 5.91 Å². The highest BCUT2D eigenvalue weighted by Gasteiger charge is 2.09. The molecule has 32 heavy (non-hydrogen) atoms. The van der Waals surface area contributed by atoms with Crippen LogP contribution in [0.5, 0.6) is 5.75 Å². The monoisotopic (exact) mass is 445 g/mol. The van der Waals surface area contributed by atoms with Crippen LogP contribution in [0.3, 0.4) is 0 Å². The van der Waals surface area contributed by atoms with Crippen LogP contribution in [0.1, 0.15) is 20.9 Å². The van der Waals surface area contributed by atoms with Gasteiger partial charge in [-0.15, -0.1) is 11.3 Å². The van der Waals surface area contributed by atoms with E-state index in [2.05, 4.69) is 25.9 Å². The van der Waals surface area contributed by atoms with Crippen molar-refractivity contribution >= 4 is 46.1 Å². The molecular weight excluding hydrogens is 422 g/mol. The fourth-order valence-corrected chi connectivity index (χ4v) is 3.81. The molecule has 0 unspecified atom stereocenters. The summed E-state index contributed by atoms with van der Waals surface area (Å²) in [5.74, 6) is 1.84. The summed E-state index contributed by atoms with van der Waals surface area (Å²) in [6, 6.07) is 18.8. The molecule has 0 saturated carbocycles. The van der Waals surface area contributed by atoms with Gasteiger partial charge in [-0.1, -0.05) is 0 Å². The molecule has 0 aliphatic rings. The SMILES string of the molecule is COc1ccc(Nc2cc(C)nc(Nc3ccc(NC(=O)c4cc(C)cs4)cc3)n2)cc1. The van der Waals surface area contributed by atoms with Gasteiger partial charge in [0.05, 0.1) is 12.0 Å². The van der Waals surface area contributed by atoms with E-state index in [0.29, 0.717) is 16.6 Å². The van der Waals surface area contributed by atoms with Gasteiger partial charge in [0.2, 0.25) is 5.95 Å². The van der Waals surface area contributed by atoms with Crippen LogP contribution < -0.4 is 20.7 Å². The van der Waals surface area contributed by atoms with Crippen molar-refractivity contribution in [1.82, 2.24) is 9.97 Å². The molecule has 7 nitrogen and oxygen atoms in total. The van der Waals surface area contributed by atoms with Gasteiger partial charge in [0.15, 0.2) is 0 Å². The largest absolute Gasteiger partial charge is 0.497 e. The predicted octanol–water partition coefficient (Wildman–Crippen LogP) is 5.90. The van der Waals surface area contributed by atoms with Gasteiger partial charge in [-0.3, -0.25) is 4.79 Å². The van der Waals surface area contributed by atoms with Crippen molar-refractivity contribution in [2.75, 3.05) is 23.1 Å². The van der Waals surface area contributed by atoms with E-state index in [4.69, 9.17) is 4.74 Å². The van der Waals surface area contributed by atoms with Crippen LogP contribution in [0.25, 0.3) is 0 Å².